The third-order valence-corrected chi connectivity index (χ3v) is 5.60. The molecule has 5 nitrogen and oxygen atoms in total. The Kier molecular flexibility index (Phi) is 4.81. The lowest BCUT2D eigenvalue weighted by atomic mass is 10.1. The van der Waals surface area contributed by atoms with E-state index in [-0.39, 0.29) is 17.1 Å². The number of carbonyl (C=O) groups excluding carboxylic acids is 1. The van der Waals surface area contributed by atoms with Crippen molar-refractivity contribution in [3.63, 3.8) is 0 Å². The first-order valence-corrected chi connectivity index (χ1v) is 9.40. The Morgan fingerprint density at radius 1 is 1.04 bits per heavy atom. The van der Waals surface area contributed by atoms with Crippen LogP contribution in [0.15, 0.2) is 72.0 Å². The molecule has 0 fully saturated rings. The second kappa shape index (κ2) is 7.03. The molecule has 2 aromatic heterocycles. The molecule has 2 heterocycles. The van der Waals surface area contributed by atoms with Crippen LogP contribution in [0.3, 0.4) is 0 Å². The summed E-state index contributed by atoms with van der Waals surface area (Å²) >= 11 is 0. The molecule has 3 aromatic rings. The van der Waals surface area contributed by atoms with Gasteiger partial charge in [-0.3, -0.25) is 9.78 Å². The molecular formula is C19H18N2O3S. The standard InChI is InChI=1S/C19H18N2O3S/c1-2-15-6-8-17(9-7-15)25(23,24)21-12-10-16(14-21)13-19(22)18-5-3-4-11-20-18/h3-12,14H,2,13H2,1H3. The number of aryl methyl sites for hydroxylation is 1. The summed E-state index contributed by atoms with van der Waals surface area (Å²) in [4.78, 5) is 16.4. The Bertz CT molecular complexity index is 975. The van der Waals surface area contributed by atoms with E-state index < -0.39 is 10.0 Å². The van der Waals surface area contributed by atoms with E-state index in [4.69, 9.17) is 0 Å². The monoisotopic (exact) mass is 354 g/mol. The van der Waals surface area contributed by atoms with Crippen molar-refractivity contribution >= 4 is 15.8 Å². The van der Waals surface area contributed by atoms with E-state index in [1.54, 1.807) is 42.6 Å². The number of ketones is 1. The van der Waals surface area contributed by atoms with Gasteiger partial charge in [0.25, 0.3) is 10.0 Å². The van der Waals surface area contributed by atoms with Crippen LogP contribution in [0.4, 0.5) is 0 Å². The number of nitrogens with zero attached hydrogens (tertiary/aromatic N) is 2. The molecule has 0 amide bonds. The first-order valence-electron chi connectivity index (χ1n) is 7.96. The molecule has 0 bridgehead atoms. The molecular weight excluding hydrogens is 336 g/mol. The summed E-state index contributed by atoms with van der Waals surface area (Å²) in [5, 5.41) is 0. The summed E-state index contributed by atoms with van der Waals surface area (Å²) < 4.78 is 26.5. The van der Waals surface area contributed by atoms with Gasteiger partial charge < -0.3 is 0 Å². The highest BCUT2D eigenvalue weighted by molar-refractivity contribution is 7.90. The van der Waals surface area contributed by atoms with E-state index in [1.165, 1.54) is 12.4 Å². The first kappa shape index (κ1) is 17.1. The first-order chi connectivity index (χ1) is 12.0. The third-order valence-electron chi connectivity index (χ3n) is 3.95. The average Bonchev–Trinajstić information content (AvgIpc) is 3.12. The molecule has 6 heteroatoms. The van der Waals surface area contributed by atoms with Crippen LogP contribution in [0.2, 0.25) is 0 Å². The zero-order valence-corrected chi connectivity index (χ0v) is 14.6. The van der Waals surface area contributed by atoms with Crippen molar-refractivity contribution in [1.29, 1.82) is 0 Å². The number of hydrogen-bond donors (Lipinski definition) is 0. The molecule has 0 saturated heterocycles. The fraction of sp³-hybridized carbons (Fsp3) is 0.158. The number of rotatable bonds is 6. The van der Waals surface area contributed by atoms with Gasteiger partial charge in [-0.25, -0.2) is 12.4 Å². The largest absolute Gasteiger partial charge is 0.292 e. The summed E-state index contributed by atoms with van der Waals surface area (Å²) in [5.74, 6) is -0.150. The fourth-order valence-electron chi connectivity index (χ4n) is 2.50. The van der Waals surface area contributed by atoms with Gasteiger partial charge in [0.15, 0.2) is 5.78 Å². The van der Waals surface area contributed by atoms with Crippen LogP contribution in [0.5, 0.6) is 0 Å². The van der Waals surface area contributed by atoms with Crippen molar-refractivity contribution in [1.82, 2.24) is 8.96 Å². The molecule has 1 aromatic carbocycles. The molecule has 25 heavy (non-hydrogen) atoms. The van der Waals surface area contributed by atoms with E-state index >= 15 is 0 Å². The third kappa shape index (κ3) is 3.69. The molecule has 0 spiro atoms. The predicted octanol–water partition coefficient (Wildman–Crippen LogP) is 3.11. The van der Waals surface area contributed by atoms with Crippen molar-refractivity contribution in [3.8, 4) is 0 Å². The van der Waals surface area contributed by atoms with Crippen molar-refractivity contribution in [2.24, 2.45) is 0 Å². The van der Waals surface area contributed by atoms with E-state index in [0.717, 1.165) is 16.0 Å². The molecule has 128 valence electrons. The van der Waals surface area contributed by atoms with Gasteiger partial charge in [0.2, 0.25) is 0 Å². The molecule has 0 saturated carbocycles. The molecule has 0 N–H and O–H groups in total. The van der Waals surface area contributed by atoms with Gasteiger partial charge in [-0.2, -0.15) is 0 Å². The van der Waals surface area contributed by atoms with Gasteiger partial charge in [-0.15, -0.1) is 0 Å². The van der Waals surface area contributed by atoms with Gasteiger partial charge in [-0.1, -0.05) is 25.1 Å². The van der Waals surface area contributed by atoms with Gasteiger partial charge in [0.1, 0.15) is 5.69 Å². The molecule has 0 aliphatic carbocycles. The lowest BCUT2D eigenvalue weighted by Gasteiger charge is -2.06. The van der Waals surface area contributed by atoms with Crippen LogP contribution >= 0.6 is 0 Å². The Labute approximate surface area is 147 Å². The van der Waals surface area contributed by atoms with E-state index in [9.17, 15) is 13.2 Å². The van der Waals surface area contributed by atoms with E-state index in [2.05, 4.69) is 4.98 Å². The Morgan fingerprint density at radius 3 is 2.44 bits per heavy atom. The van der Waals surface area contributed by atoms with Crippen molar-refractivity contribution in [3.05, 3.63) is 83.9 Å². The minimum absolute atomic E-state index is 0.105. The maximum atomic E-state index is 12.7. The number of Topliss-reactive ketones (excluding diaryl/α,β-unsaturated/α-hetero) is 1. The van der Waals surface area contributed by atoms with Crippen LogP contribution in [-0.4, -0.2) is 23.2 Å². The summed E-state index contributed by atoms with van der Waals surface area (Å²) in [6, 6.07) is 13.6. The van der Waals surface area contributed by atoms with Gasteiger partial charge in [0.05, 0.1) is 4.90 Å². The topological polar surface area (TPSA) is 69.0 Å². The fourth-order valence-corrected chi connectivity index (χ4v) is 3.71. The number of pyridine rings is 1. The maximum absolute atomic E-state index is 12.7. The molecule has 0 aliphatic rings. The van der Waals surface area contributed by atoms with Crippen LogP contribution in [0, 0.1) is 0 Å². The summed E-state index contributed by atoms with van der Waals surface area (Å²) in [7, 11) is -3.65. The second-order valence-electron chi connectivity index (χ2n) is 5.67. The molecule has 0 unspecified atom stereocenters. The van der Waals surface area contributed by atoms with Gasteiger partial charge in [-0.05, 0) is 47.9 Å². The highest BCUT2D eigenvalue weighted by atomic mass is 32.2. The van der Waals surface area contributed by atoms with Crippen molar-refractivity contribution in [2.75, 3.05) is 0 Å². The lowest BCUT2D eigenvalue weighted by molar-refractivity contribution is 0.0988. The van der Waals surface area contributed by atoms with E-state index in [0.29, 0.717) is 11.3 Å². The summed E-state index contributed by atoms with van der Waals surface area (Å²) in [6.07, 6.45) is 5.45. The number of hydrogen-bond acceptors (Lipinski definition) is 4. The molecule has 0 atom stereocenters. The number of carbonyl (C=O) groups is 1. The van der Waals surface area contributed by atoms with Gasteiger partial charge >= 0.3 is 0 Å². The Balaban J connectivity index is 1.81. The minimum Gasteiger partial charge on any atom is -0.292 e. The van der Waals surface area contributed by atoms with Crippen molar-refractivity contribution < 1.29 is 13.2 Å². The molecule has 3 rings (SSSR count). The van der Waals surface area contributed by atoms with Crippen LogP contribution in [0.25, 0.3) is 0 Å². The zero-order chi connectivity index (χ0) is 17.9. The summed E-state index contributed by atoms with van der Waals surface area (Å²) in [6.45, 7) is 2.01. The maximum Gasteiger partial charge on any atom is 0.267 e. The highest BCUT2D eigenvalue weighted by Crippen LogP contribution is 2.17. The highest BCUT2D eigenvalue weighted by Gasteiger charge is 2.17. The Hall–Kier alpha value is -2.73. The van der Waals surface area contributed by atoms with Crippen LogP contribution < -0.4 is 0 Å². The zero-order valence-electron chi connectivity index (χ0n) is 13.8. The minimum atomic E-state index is -3.65. The van der Waals surface area contributed by atoms with Crippen LogP contribution in [0.1, 0.15) is 28.5 Å². The number of benzene rings is 1. The smallest absolute Gasteiger partial charge is 0.267 e. The van der Waals surface area contributed by atoms with Gasteiger partial charge in [0, 0.05) is 25.0 Å². The van der Waals surface area contributed by atoms with E-state index in [1.807, 2.05) is 19.1 Å². The predicted molar refractivity (Wildman–Crippen MR) is 95.1 cm³/mol. The number of aromatic nitrogens is 2. The lowest BCUT2D eigenvalue weighted by Crippen LogP contribution is -2.11. The Morgan fingerprint density at radius 2 is 1.80 bits per heavy atom. The summed E-state index contributed by atoms with van der Waals surface area (Å²) in [5.41, 5.74) is 2.07. The molecule has 0 aliphatic heterocycles. The normalized spacial score (nSPS) is 11.4. The molecule has 0 radical (unpaired) electrons. The quantitative estimate of drug-likeness (QED) is 0.638. The average molecular weight is 354 g/mol. The SMILES string of the molecule is CCc1ccc(S(=O)(=O)n2ccc(CC(=O)c3ccccn3)c2)cc1. The van der Waals surface area contributed by atoms with Crippen LogP contribution in [-0.2, 0) is 22.9 Å². The van der Waals surface area contributed by atoms with Crippen molar-refractivity contribution in [2.45, 2.75) is 24.7 Å². The second-order valence-corrected chi connectivity index (χ2v) is 7.51.